The monoisotopic (exact) mass is 362 g/mol. The molecule has 0 spiro atoms. The number of aromatic nitrogens is 4. The minimum absolute atomic E-state index is 0.483. The van der Waals surface area contributed by atoms with Crippen molar-refractivity contribution in [1.82, 2.24) is 19.9 Å². The van der Waals surface area contributed by atoms with E-state index >= 15 is 0 Å². The Balaban J connectivity index is 1.72. The molecule has 0 aliphatic heterocycles. The summed E-state index contributed by atoms with van der Waals surface area (Å²) in [4.78, 5) is 18.5. The van der Waals surface area contributed by atoms with Gasteiger partial charge >= 0.3 is 0 Å². The third-order valence-electron chi connectivity index (χ3n) is 5.33. The number of rotatable bonds is 4. The maximum Gasteiger partial charge on any atom is 0.223 e. The number of nitrogens with two attached hydrogens (primary N) is 1. The largest absolute Gasteiger partial charge is 0.384 e. The molecule has 1 aliphatic rings. The SMILES string of the molecule is CCc1cc(-c2ccc(N)nc2C)nc2cnc(NC3CCCCC3)nc12. The Hall–Kier alpha value is -2.76. The molecule has 1 fully saturated rings. The zero-order chi connectivity index (χ0) is 18.8. The topological polar surface area (TPSA) is 89.6 Å². The molecule has 6 heteroatoms. The first kappa shape index (κ1) is 17.6. The quantitative estimate of drug-likeness (QED) is 0.720. The Labute approximate surface area is 159 Å². The Kier molecular flexibility index (Phi) is 4.88. The first-order chi connectivity index (χ1) is 13.1. The van der Waals surface area contributed by atoms with Crippen molar-refractivity contribution in [3.05, 3.63) is 35.7 Å². The van der Waals surface area contributed by atoms with Gasteiger partial charge in [-0.2, -0.15) is 0 Å². The van der Waals surface area contributed by atoms with E-state index in [1.165, 1.54) is 37.7 Å². The third kappa shape index (κ3) is 3.70. The van der Waals surface area contributed by atoms with Crippen LogP contribution in [0.3, 0.4) is 0 Å². The fourth-order valence-corrected chi connectivity index (χ4v) is 3.85. The van der Waals surface area contributed by atoms with Crippen molar-refractivity contribution in [2.24, 2.45) is 0 Å². The van der Waals surface area contributed by atoms with Crippen LogP contribution in [0.2, 0.25) is 0 Å². The average molecular weight is 362 g/mol. The van der Waals surface area contributed by atoms with E-state index in [4.69, 9.17) is 15.7 Å². The van der Waals surface area contributed by atoms with Gasteiger partial charge in [0.1, 0.15) is 11.3 Å². The summed E-state index contributed by atoms with van der Waals surface area (Å²) >= 11 is 0. The molecular formula is C21H26N6. The van der Waals surface area contributed by atoms with Crippen LogP contribution in [-0.2, 0) is 6.42 Å². The van der Waals surface area contributed by atoms with Crippen LogP contribution >= 0.6 is 0 Å². The van der Waals surface area contributed by atoms with Crippen molar-refractivity contribution >= 4 is 22.8 Å². The average Bonchev–Trinajstić information content (AvgIpc) is 2.68. The van der Waals surface area contributed by atoms with Crippen LogP contribution in [0.25, 0.3) is 22.3 Å². The van der Waals surface area contributed by atoms with Gasteiger partial charge < -0.3 is 11.1 Å². The molecule has 3 heterocycles. The molecular weight excluding hydrogens is 336 g/mol. The molecule has 0 amide bonds. The van der Waals surface area contributed by atoms with Gasteiger partial charge in [0.25, 0.3) is 0 Å². The fourth-order valence-electron chi connectivity index (χ4n) is 3.85. The van der Waals surface area contributed by atoms with Crippen LogP contribution in [0, 0.1) is 6.92 Å². The highest BCUT2D eigenvalue weighted by atomic mass is 15.1. The van der Waals surface area contributed by atoms with E-state index in [9.17, 15) is 0 Å². The number of anilines is 2. The maximum atomic E-state index is 5.79. The van der Waals surface area contributed by atoms with Crippen molar-refractivity contribution in [2.75, 3.05) is 11.1 Å². The normalized spacial score (nSPS) is 15.2. The number of aryl methyl sites for hydroxylation is 2. The van der Waals surface area contributed by atoms with Crippen molar-refractivity contribution in [3.63, 3.8) is 0 Å². The van der Waals surface area contributed by atoms with Crippen LogP contribution in [0.15, 0.2) is 24.4 Å². The number of fused-ring (bicyclic) bond motifs is 1. The predicted molar refractivity (Wildman–Crippen MR) is 110 cm³/mol. The highest BCUT2D eigenvalue weighted by molar-refractivity contribution is 5.82. The lowest BCUT2D eigenvalue weighted by atomic mass is 9.96. The fraction of sp³-hybridized carbons (Fsp3) is 0.429. The van der Waals surface area contributed by atoms with Gasteiger partial charge in [-0.05, 0) is 49.9 Å². The summed E-state index contributed by atoms with van der Waals surface area (Å²) in [6.07, 6.45) is 9.01. The Morgan fingerprint density at radius 3 is 2.67 bits per heavy atom. The van der Waals surface area contributed by atoms with Gasteiger partial charge in [-0.15, -0.1) is 0 Å². The second kappa shape index (κ2) is 7.47. The van der Waals surface area contributed by atoms with Gasteiger partial charge in [0.05, 0.1) is 17.4 Å². The van der Waals surface area contributed by atoms with Crippen molar-refractivity contribution in [1.29, 1.82) is 0 Å². The summed E-state index contributed by atoms with van der Waals surface area (Å²) in [6.45, 7) is 4.10. The highest BCUT2D eigenvalue weighted by Gasteiger charge is 2.16. The molecule has 3 N–H and O–H groups in total. The molecule has 0 saturated heterocycles. The van der Waals surface area contributed by atoms with E-state index in [-0.39, 0.29) is 0 Å². The highest BCUT2D eigenvalue weighted by Crippen LogP contribution is 2.27. The number of nitrogens with one attached hydrogen (secondary N) is 1. The third-order valence-corrected chi connectivity index (χ3v) is 5.33. The molecule has 3 aromatic heterocycles. The van der Waals surface area contributed by atoms with Crippen LogP contribution in [-0.4, -0.2) is 26.0 Å². The predicted octanol–water partition coefficient (Wildman–Crippen LogP) is 4.28. The molecule has 27 heavy (non-hydrogen) atoms. The van der Waals surface area contributed by atoms with Gasteiger partial charge in [0.15, 0.2) is 0 Å². The van der Waals surface area contributed by atoms with Crippen LogP contribution in [0.5, 0.6) is 0 Å². The minimum atomic E-state index is 0.483. The van der Waals surface area contributed by atoms with Crippen LogP contribution in [0.4, 0.5) is 11.8 Å². The Bertz CT molecular complexity index is 962. The first-order valence-electron chi connectivity index (χ1n) is 9.80. The van der Waals surface area contributed by atoms with Gasteiger partial charge in [-0.1, -0.05) is 26.2 Å². The summed E-state index contributed by atoms with van der Waals surface area (Å²) in [5.41, 5.74) is 11.5. The lowest BCUT2D eigenvalue weighted by Gasteiger charge is -2.22. The summed E-state index contributed by atoms with van der Waals surface area (Å²) in [6, 6.07) is 6.38. The zero-order valence-electron chi connectivity index (χ0n) is 16.0. The molecule has 0 bridgehead atoms. The molecule has 0 aromatic carbocycles. The number of pyridine rings is 2. The van der Waals surface area contributed by atoms with Crippen molar-refractivity contribution < 1.29 is 0 Å². The standard InChI is InChI=1S/C21H26N6/c1-3-14-11-17(16-9-10-19(22)24-13(16)2)26-18-12-23-21(27-20(14)18)25-15-7-5-4-6-8-15/h9-12,15H,3-8H2,1-2H3,(H2,22,24)(H,23,25,27). The van der Waals surface area contributed by atoms with E-state index < -0.39 is 0 Å². The van der Waals surface area contributed by atoms with E-state index in [2.05, 4.69) is 28.3 Å². The summed E-state index contributed by atoms with van der Waals surface area (Å²) in [7, 11) is 0. The number of hydrogen-bond donors (Lipinski definition) is 2. The lowest BCUT2D eigenvalue weighted by Crippen LogP contribution is -2.23. The van der Waals surface area contributed by atoms with Gasteiger partial charge in [0, 0.05) is 17.3 Å². The Morgan fingerprint density at radius 2 is 1.93 bits per heavy atom. The zero-order valence-corrected chi connectivity index (χ0v) is 16.0. The number of nitrogen functional groups attached to an aromatic ring is 1. The molecule has 1 saturated carbocycles. The summed E-state index contributed by atoms with van der Waals surface area (Å²) in [5.74, 6) is 1.23. The summed E-state index contributed by atoms with van der Waals surface area (Å²) < 4.78 is 0. The van der Waals surface area contributed by atoms with Gasteiger partial charge in [-0.3, -0.25) is 0 Å². The molecule has 1 aliphatic carbocycles. The second-order valence-electron chi connectivity index (χ2n) is 7.30. The van der Waals surface area contributed by atoms with Crippen molar-refractivity contribution in [3.8, 4) is 11.3 Å². The van der Waals surface area contributed by atoms with Crippen molar-refractivity contribution in [2.45, 2.75) is 58.4 Å². The van der Waals surface area contributed by atoms with E-state index in [0.717, 1.165) is 34.4 Å². The van der Waals surface area contributed by atoms with E-state index in [1.54, 1.807) is 0 Å². The smallest absolute Gasteiger partial charge is 0.223 e. The Morgan fingerprint density at radius 1 is 1.11 bits per heavy atom. The molecule has 140 valence electrons. The number of hydrogen-bond acceptors (Lipinski definition) is 6. The lowest BCUT2D eigenvalue weighted by molar-refractivity contribution is 0.461. The molecule has 4 rings (SSSR count). The molecule has 0 unspecified atom stereocenters. The minimum Gasteiger partial charge on any atom is -0.384 e. The molecule has 0 atom stereocenters. The van der Waals surface area contributed by atoms with Crippen LogP contribution in [0.1, 0.15) is 50.3 Å². The second-order valence-corrected chi connectivity index (χ2v) is 7.30. The van der Waals surface area contributed by atoms with E-state index in [1.807, 2.05) is 25.3 Å². The van der Waals surface area contributed by atoms with Gasteiger partial charge in [0.2, 0.25) is 5.95 Å². The number of nitrogens with zero attached hydrogens (tertiary/aromatic N) is 4. The molecule has 0 radical (unpaired) electrons. The maximum absolute atomic E-state index is 5.79. The molecule has 6 nitrogen and oxygen atoms in total. The summed E-state index contributed by atoms with van der Waals surface area (Å²) in [5, 5.41) is 3.51. The van der Waals surface area contributed by atoms with E-state index in [0.29, 0.717) is 17.8 Å². The van der Waals surface area contributed by atoms with Crippen LogP contribution < -0.4 is 11.1 Å². The first-order valence-corrected chi connectivity index (χ1v) is 9.80. The van der Waals surface area contributed by atoms with Gasteiger partial charge in [-0.25, -0.2) is 19.9 Å². The molecule has 3 aromatic rings.